The van der Waals surface area contributed by atoms with Gasteiger partial charge in [0, 0.05) is 18.7 Å². The minimum atomic E-state index is 0.306. The van der Waals surface area contributed by atoms with Crippen LogP contribution in [0, 0.1) is 0 Å². The van der Waals surface area contributed by atoms with Crippen LogP contribution in [-0.2, 0) is 11.2 Å². The molecule has 2 heterocycles. The average molecular weight is 236 g/mol. The highest BCUT2D eigenvalue weighted by atomic mass is 16.5. The number of nitrogens with one attached hydrogen (secondary N) is 1. The van der Waals surface area contributed by atoms with E-state index < -0.39 is 0 Å². The van der Waals surface area contributed by atoms with Crippen molar-refractivity contribution in [2.24, 2.45) is 0 Å². The van der Waals surface area contributed by atoms with E-state index in [9.17, 15) is 0 Å². The molecule has 0 bridgehead atoms. The topological polar surface area (TPSA) is 73.1 Å². The first-order valence-electron chi connectivity index (χ1n) is 6.26. The lowest BCUT2D eigenvalue weighted by molar-refractivity contribution is 0.120. The Bertz CT molecular complexity index is 364. The highest BCUT2D eigenvalue weighted by Gasteiger charge is 2.16. The molecule has 1 fully saturated rings. The minimum Gasteiger partial charge on any atom is -0.383 e. The summed E-state index contributed by atoms with van der Waals surface area (Å²) in [4.78, 5) is 8.29. The molecule has 0 saturated carbocycles. The molecule has 0 radical (unpaired) electrons. The maximum Gasteiger partial charge on any atom is 0.134 e. The number of ether oxygens (including phenoxy) is 1. The summed E-state index contributed by atoms with van der Waals surface area (Å²) >= 11 is 0. The van der Waals surface area contributed by atoms with Gasteiger partial charge >= 0.3 is 0 Å². The zero-order valence-electron chi connectivity index (χ0n) is 10.3. The van der Waals surface area contributed by atoms with Crippen LogP contribution in [0.25, 0.3) is 0 Å². The Labute approximate surface area is 102 Å². The van der Waals surface area contributed by atoms with Crippen LogP contribution in [0.15, 0.2) is 6.33 Å². The zero-order valence-corrected chi connectivity index (χ0v) is 10.3. The van der Waals surface area contributed by atoms with E-state index in [1.165, 1.54) is 6.33 Å². The quantitative estimate of drug-likeness (QED) is 0.812. The van der Waals surface area contributed by atoms with E-state index in [0.29, 0.717) is 11.9 Å². The first-order chi connectivity index (χ1) is 8.31. The van der Waals surface area contributed by atoms with Crippen LogP contribution in [0.4, 0.5) is 11.6 Å². The normalized spacial score (nSPS) is 19.5. The van der Waals surface area contributed by atoms with E-state index in [1.54, 1.807) is 0 Å². The number of rotatable bonds is 5. The number of anilines is 2. The molecular weight excluding hydrogens is 216 g/mol. The van der Waals surface area contributed by atoms with Crippen molar-refractivity contribution in [3.05, 3.63) is 11.9 Å². The van der Waals surface area contributed by atoms with E-state index in [4.69, 9.17) is 10.5 Å². The van der Waals surface area contributed by atoms with Crippen molar-refractivity contribution in [3.8, 4) is 0 Å². The van der Waals surface area contributed by atoms with Crippen molar-refractivity contribution in [2.45, 2.75) is 38.7 Å². The SMILES string of the molecule is CCCc1c(N)ncnc1NCC1CCCO1. The van der Waals surface area contributed by atoms with E-state index in [0.717, 1.165) is 50.2 Å². The molecule has 1 aliphatic heterocycles. The summed E-state index contributed by atoms with van der Waals surface area (Å²) in [5.41, 5.74) is 6.89. The van der Waals surface area contributed by atoms with Gasteiger partial charge < -0.3 is 15.8 Å². The second kappa shape index (κ2) is 5.82. The fourth-order valence-electron chi connectivity index (χ4n) is 2.09. The third-order valence-corrected chi connectivity index (χ3v) is 3.00. The lowest BCUT2D eigenvalue weighted by Gasteiger charge is -2.14. The molecule has 1 aromatic rings. The van der Waals surface area contributed by atoms with Crippen LogP contribution in [-0.4, -0.2) is 29.2 Å². The van der Waals surface area contributed by atoms with Crippen LogP contribution in [0.1, 0.15) is 31.7 Å². The van der Waals surface area contributed by atoms with Crippen LogP contribution >= 0.6 is 0 Å². The standard InChI is InChI=1S/C12H20N4O/c1-2-4-10-11(13)15-8-16-12(10)14-7-9-5-3-6-17-9/h8-9H,2-7H2,1H3,(H3,13,14,15,16). The predicted molar refractivity (Wildman–Crippen MR) is 67.9 cm³/mol. The number of nitrogens with zero attached hydrogens (tertiary/aromatic N) is 2. The molecule has 0 aliphatic carbocycles. The lowest BCUT2D eigenvalue weighted by atomic mass is 10.1. The fraction of sp³-hybridized carbons (Fsp3) is 0.667. The number of aromatic nitrogens is 2. The molecule has 1 aromatic heterocycles. The van der Waals surface area contributed by atoms with E-state index in [-0.39, 0.29) is 0 Å². The van der Waals surface area contributed by atoms with Gasteiger partial charge in [0.2, 0.25) is 0 Å². The van der Waals surface area contributed by atoms with Crippen molar-refractivity contribution in [1.29, 1.82) is 0 Å². The van der Waals surface area contributed by atoms with Gasteiger partial charge in [-0.05, 0) is 19.3 Å². The molecule has 5 nitrogen and oxygen atoms in total. The Balaban J connectivity index is 2.00. The van der Waals surface area contributed by atoms with Crippen molar-refractivity contribution >= 4 is 11.6 Å². The van der Waals surface area contributed by atoms with Gasteiger partial charge in [-0.1, -0.05) is 13.3 Å². The summed E-state index contributed by atoms with van der Waals surface area (Å²) in [6.45, 7) is 3.80. The van der Waals surface area contributed by atoms with Gasteiger partial charge in [0.05, 0.1) is 6.10 Å². The molecule has 1 unspecified atom stereocenters. The van der Waals surface area contributed by atoms with Crippen molar-refractivity contribution in [3.63, 3.8) is 0 Å². The molecule has 0 amide bonds. The Kier molecular flexibility index (Phi) is 4.14. The van der Waals surface area contributed by atoms with E-state index in [2.05, 4.69) is 22.2 Å². The monoisotopic (exact) mass is 236 g/mol. The fourth-order valence-corrected chi connectivity index (χ4v) is 2.09. The predicted octanol–water partition coefficient (Wildman–Crippen LogP) is 1.60. The maximum atomic E-state index is 5.87. The van der Waals surface area contributed by atoms with Gasteiger partial charge in [0.25, 0.3) is 0 Å². The van der Waals surface area contributed by atoms with Gasteiger partial charge in [-0.25, -0.2) is 9.97 Å². The number of nitrogens with two attached hydrogens (primary N) is 1. The van der Waals surface area contributed by atoms with Crippen LogP contribution < -0.4 is 11.1 Å². The molecule has 1 saturated heterocycles. The Hall–Kier alpha value is -1.36. The number of hydrogen-bond acceptors (Lipinski definition) is 5. The molecule has 1 aliphatic rings. The summed E-state index contributed by atoms with van der Waals surface area (Å²) < 4.78 is 5.57. The molecule has 5 heteroatoms. The Morgan fingerprint density at radius 2 is 2.41 bits per heavy atom. The van der Waals surface area contributed by atoms with E-state index in [1.807, 2.05) is 0 Å². The maximum absolute atomic E-state index is 5.87. The Morgan fingerprint density at radius 1 is 1.53 bits per heavy atom. The molecule has 0 aromatic carbocycles. The number of nitrogen functional groups attached to an aromatic ring is 1. The van der Waals surface area contributed by atoms with Gasteiger partial charge in [0.1, 0.15) is 18.0 Å². The molecule has 3 N–H and O–H groups in total. The Morgan fingerprint density at radius 3 is 3.12 bits per heavy atom. The first-order valence-corrected chi connectivity index (χ1v) is 6.26. The first kappa shape index (κ1) is 12.1. The summed E-state index contributed by atoms with van der Waals surface area (Å²) in [7, 11) is 0. The van der Waals surface area contributed by atoms with Crippen LogP contribution in [0.5, 0.6) is 0 Å². The molecule has 94 valence electrons. The van der Waals surface area contributed by atoms with Gasteiger partial charge in [0.15, 0.2) is 0 Å². The largest absolute Gasteiger partial charge is 0.383 e. The highest BCUT2D eigenvalue weighted by Crippen LogP contribution is 2.20. The third-order valence-electron chi connectivity index (χ3n) is 3.00. The van der Waals surface area contributed by atoms with Gasteiger partial charge in [-0.2, -0.15) is 0 Å². The molecular formula is C12H20N4O. The van der Waals surface area contributed by atoms with Crippen LogP contribution in [0.3, 0.4) is 0 Å². The van der Waals surface area contributed by atoms with Gasteiger partial charge in [-0.3, -0.25) is 0 Å². The molecule has 1 atom stereocenters. The summed E-state index contributed by atoms with van der Waals surface area (Å²) in [5, 5.41) is 3.32. The number of hydrogen-bond donors (Lipinski definition) is 2. The lowest BCUT2D eigenvalue weighted by Crippen LogP contribution is -2.20. The van der Waals surface area contributed by atoms with Crippen molar-refractivity contribution < 1.29 is 4.74 Å². The average Bonchev–Trinajstić information content (AvgIpc) is 2.83. The zero-order chi connectivity index (χ0) is 12.1. The second-order valence-corrected chi connectivity index (χ2v) is 4.35. The van der Waals surface area contributed by atoms with Gasteiger partial charge in [-0.15, -0.1) is 0 Å². The molecule has 2 rings (SSSR count). The highest BCUT2D eigenvalue weighted by molar-refractivity contribution is 5.55. The summed E-state index contributed by atoms with van der Waals surface area (Å²) in [5.74, 6) is 1.44. The van der Waals surface area contributed by atoms with E-state index >= 15 is 0 Å². The molecule has 17 heavy (non-hydrogen) atoms. The summed E-state index contributed by atoms with van der Waals surface area (Å²) in [6.07, 6.45) is 6.02. The minimum absolute atomic E-state index is 0.306. The molecule has 0 spiro atoms. The third kappa shape index (κ3) is 3.06. The second-order valence-electron chi connectivity index (χ2n) is 4.35. The van der Waals surface area contributed by atoms with Crippen LogP contribution in [0.2, 0.25) is 0 Å². The van der Waals surface area contributed by atoms with Crippen molar-refractivity contribution in [2.75, 3.05) is 24.2 Å². The summed E-state index contributed by atoms with van der Waals surface area (Å²) in [6, 6.07) is 0. The smallest absolute Gasteiger partial charge is 0.134 e. The van der Waals surface area contributed by atoms with Crippen molar-refractivity contribution in [1.82, 2.24) is 9.97 Å².